The molecule has 1 aromatic carbocycles. The molecule has 72 valence electrons. The van der Waals surface area contributed by atoms with E-state index >= 15 is 0 Å². The highest BCUT2D eigenvalue weighted by atomic mass is 16.3. The number of hydrogen-bond acceptors (Lipinski definition) is 2. The summed E-state index contributed by atoms with van der Waals surface area (Å²) < 4.78 is 0. The Hall–Kier alpha value is -0.860. The van der Waals surface area contributed by atoms with Crippen LogP contribution >= 0.6 is 0 Å². The van der Waals surface area contributed by atoms with Crippen molar-refractivity contribution < 1.29 is 5.11 Å². The lowest BCUT2D eigenvalue weighted by Crippen LogP contribution is -2.32. The zero-order chi connectivity index (χ0) is 9.68. The maximum Gasteiger partial charge on any atom is 0.0663 e. The van der Waals surface area contributed by atoms with Crippen LogP contribution in [0.4, 0.5) is 0 Å². The van der Waals surface area contributed by atoms with Gasteiger partial charge in [0, 0.05) is 6.04 Å². The van der Waals surface area contributed by atoms with E-state index in [0.717, 1.165) is 12.8 Å². The van der Waals surface area contributed by atoms with Crippen molar-refractivity contribution >= 4 is 0 Å². The van der Waals surface area contributed by atoms with Crippen molar-refractivity contribution in [1.82, 2.24) is 0 Å². The van der Waals surface area contributed by atoms with E-state index in [4.69, 9.17) is 5.73 Å². The number of aliphatic hydroxyl groups excluding tert-OH is 1. The molecule has 1 unspecified atom stereocenters. The highest BCUT2D eigenvalue weighted by molar-refractivity contribution is 5.14. The van der Waals surface area contributed by atoms with E-state index < -0.39 is 6.10 Å². The third-order valence-corrected chi connectivity index (χ3v) is 2.23. The summed E-state index contributed by atoms with van der Waals surface area (Å²) in [5, 5.41) is 9.17. The molecule has 0 saturated heterocycles. The van der Waals surface area contributed by atoms with E-state index in [-0.39, 0.29) is 6.04 Å². The van der Waals surface area contributed by atoms with Crippen LogP contribution in [0.15, 0.2) is 30.3 Å². The lowest BCUT2D eigenvalue weighted by molar-refractivity contribution is 0.159. The van der Waals surface area contributed by atoms with Crippen molar-refractivity contribution in [3.63, 3.8) is 0 Å². The summed E-state index contributed by atoms with van der Waals surface area (Å²) in [6, 6.07) is 10.1. The van der Waals surface area contributed by atoms with E-state index in [0.29, 0.717) is 0 Å². The number of hydrogen-bond donors (Lipinski definition) is 2. The van der Waals surface area contributed by atoms with Gasteiger partial charge >= 0.3 is 0 Å². The second kappa shape index (κ2) is 5.00. The second-order valence-electron chi connectivity index (χ2n) is 3.43. The molecule has 0 fully saturated rings. The standard InChI is InChI=1S/C11H17NO/c1-9(13)11(12)8-7-10-5-3-2-4-6-10/h2-6,9,11,13H,7-8,12H2,1H3/t9-,11?/m1/s1. The summed E-state index contributed by atoms with van der Waals surface area (Å²) in [4.78, 5) is 0. The van der Waals surface area contributed by atoms with Crippen LogP contribution in [0.2, 0.25) is 0 Å². The summed E-state index contributed by atoms with van der Waals surface area (Å²) in [7, 11) is 0. The smallest absolute Gasteiger partial charge is 0.0663 e. The van der Waals surface area contributed by atoms with Crippen LogP contribution in [0, 0.1) is 0 Å². The van der Waals surface area contributed by atoms with Gasteiger partial charge < -0.3 is 10.8 Å². The van der Waals surface area contributed by atoms with Gasteiger partial charge in [-0.05, 0) is 25.3 Å². The van der Waals surface area contributed by atoms with Gasteiger partial charge in [0.1, 0.15) is 0 Å². The van der Waals surface area contributed by atoms with Crippen LogP contribution in [-0.4, -0.2) is 17.3 Å². The molecule has 1 aromatic rings. The molecule has 0 aromatic heterocycles. The minimum absolute atomic E-state index is 0.111. The Morgan fingerprint density at radius 3 is 2.46 bits per heavy atom. The van der Waals surface area contributed by atoms with Crippen LogP contribution in [0.1, 0.15) is 18.9 Å². The molecule has 0 aliphatic heterocycles. The van der Waals surface area contributed by atoms with Crippen molar-refractivity contribution in [3.05, 3.63) is 35.9 Å². The first-order chi connectivity index (χ1) is 6.20. The third kappa shape index (κ3) is 3.57. The topological polar surface area (TPSA) is 46.2 Å². The van der Waals surface area contributed by atoms with Gasteiger partial charge in [0.2, 0.25) is 0 Å². The number of nitrogens with two attached hydrogens (primary N) is 1. The minimum Gasteiger partial charge on any atom is -0.392 e. The van der Waals surface area contributed by atoms with Gasteiger partial charge in [-0.2, -0.15) is 0 Å². The number of aryl methyl sites for hydroxylation is 1. The molecule has 13 heavy (non-hydrogen) atoms. The zero-order valence-electron chi connectivity index (χ0n) is 7.98. The summed E-state index contributed by atoms with van der Waals surface area (Å²) >= 11 is 0. The van der Waals surface area contributed by atoms with Gasteiger partial charge in [-0.1, -0.05) is 30.3 Å². The minimum atomic E-state index is -0.413. The Kier molecular flexibility index (Phi) is 3.93. The van der Waals surface area contributed by atoms with Gasteiger partial charge in [0.05, 0.1) is 6.10 Å². The molecule has 2 heteroatoms. The molecule has 1 rings (SSSR count). The van der Waals surface area contributed by atoms with E-state index in [1.165, 1.54) is 5.56 Å². The molecule has 0 saturated carbocycles. The summed E-state index contributed by atoms with van der Waals surface area (Å²) in [5.41, 5.74) is 6.99. The van der Waals surface area contributed by atoms with E-state index in [2.05, 4.69) is 12.1 Å². The van der Waals surface area contributed by atoms with Crippen molar-refractivity contribution in [3.8, 4) is 0 Å². The molecule has 0 spiro atoms. The van der Waals surface area contributed by atoms with Gasteiger partial charge in [0.15, 0.2) is 0 Å². The monoisotopic (exact) mass is 179 g/mol. The molecule has 0 heterocycles. The lowest BCUT2D eigenvalue weighted by Gasteiger charge is -2.13. The lowest BCUT2D eigenvalue weighted by atomic mass is 10.0. The molecule has 0 radical (unpaired) electrons. The quantitative estimate of drug-likeness (QED) is 0.732. The van der Waals surface area contributed by atoms with E-state index in [1.54, 1.807) is 6.92 Å². The fourth-order valence-electron chi connectivity index (χ4n) is 1.22. The average Bonchev–Trinajstić information content (AvgIpc) is 2.15. The molecule has 2 atom stereocenters. The van der Waals surface area contributed by atoms with Crippen LogP contribution in [0.5, 0.6) is 0 Å². The van der Waals surface area contributed by atoms with E-state index in [1.807, 2.05) is 18.2 Å². The van der Waals surface area contributed by atoms with Crippen molar-refractivity contribution in [2.45, 2.75) is 31.9 Å². The third-order valence-electron chi connectivity index (χ3n) is 2.23. The Bertz CT molecular complexity index is 233. The Balaban J connectivity index is 2.35. The fraction of sp³-hybridized carbons (Fsp3) is 0.455. The van der Waals surface area contributed by atoms with E-state index in [9.17, 15) is 5.11 Å². The molecular weight excluding hydrogens is 162 g/mol. The molecule has 0 bridgehead atoms. The van der Waals surface area contributed by atoms with Gasteiger partial charge in [-0.15, -0.1) is 0 Å². The fourth-order valence-corrected chi connectivity index (χ4v) is 1.22. The first kappa shape index (κ1) is 10.2. The van der Waals surface area contributed by atoms with Crippen molar-refractivity contribution in [2.24, 2.45) is 5.73 Å². The molecule has 3 N–H and O–H groups in total. The Morgan fingerprint density at radius 1 is 1.31 bits per heavy atom. The molecule has 0 amide bonds. The van der Waals surface area contributed by atoms with Crippen molar-refractivity contribution in [1.29, 1.82) is 0 Å². The van der Waals surface area contributed by atoms with Crippen LogP contribution in [-0.2, 0) is 6.42 Å². The number of benzene rings is 1. The van der Waals surface area contributed by atoms with Crippen LogP contribution in [0.3, 0.4) is 0 Å². The van der Waals surface area contributed by atoms with Crippen LogP contribution < -0.4 is 5.73 Å². The average molecular weight is 179 g/mol. The summed E-state index contributed by atoms with van der Waals surface area (Å²) in [6.45, 7) is 1.73. The SMILES string of the molecule is C[C@@H](O)C(N)CCc1ccccc1. The van der Waals surface area contributed by atoms with Gasteiger partial charge in [0.25, 0.3) is 0 Å². The molecular formula is C11H17NO. The molecule has 0 aliphatic rings. The maximum absolute atomic E-state index is 9.17. The summed E-state index contributed by atoms with van der Waals surface area (Å²) in [5.74, 6) is 0. The highest BCUT2D eigenvalue weighted by Gasteiger charge is 2.08. The Labute approximate surface area is 79.4 Å². The van der Waals surface area contributed by atoms with Gasteiger partial charge in [-0.25, -0.2) is 0 Å². The number of rotatable bonds is 4. The number of aliphatic hydroxyl groups is 1. The molecule has 0 aliphatic carbocycles. The second-order valence-corrected chi connectivity index (χ2v) is 3.43. The molecule has 2 nitrogen and oxygen atoms in total. The normalized spacial score (nSPS) is 15.3. The maximum atomic E-state index is 9.17. The van der Waals surface area contributed by atoms with Gasteiger partial charge in [-0.3, -0.25) is 0 Å². The largest absolute Gasteiger partial charge is 0.392 e. The summed E-state index contributed by atoms with van der Waals surface area (Å²) in [6.07, 6.45) is 1.36. The predicted molar refractivity (Wildman–Crippen MR) is 54.4 cm³/mol. The predicted octanol–water partition coefficient (Wildman–Crippen LogP) is 1.33. The first-order valence-corrected chi connectivity index (χ1v) is 4.67. The Morgan fingerprint density at radius 2 is 1.92 bits per heavy atom. The highest BCUT2D eigenvalue weighted by Crippen LogP contribution is 2.05. The van der Waals surface area contributed by atoms with Crippen LogP contribution in [0.25, 0.3) is 0 Å². The zero-order valence-corrected chi connectivity index (χ0v) is 7.98. The van der Waals surface area contributed by atoms with Crippen molar-refractivity contribution in [2.75, 3.05) is 0 Å². The first-order valence-electron chi connectivity index (χ1n) is 4.67.